The van der Waals surface area contributed by atoms with Crippen molar-refractivity contribution in [3.05, 3.63) is 99.6 Å². The molecule has 1 N–H and O–H groups in total. The SMILES string of the molecule is COCc1cccc(S(=O)(=O)NC(C)c2nc3ccccc3c(=O)n2-c2ccc(C)cc2C)c1. The number of hydrogen-bond acceptors (Lipinski definition) is 5. The van der Waals surface area contributed by atoms with E-state index in [1.807, 2.05) is 32.0 Å². The Hall–Kier alpha value is -3.33. The second-order valence-electron chi connectivity index (χ2n) is 8.34. The molecule has 4 rings (SSSR count). The number of fused-ring (bicyclic) bond motifs is 1. The molecule has 7 nitrogen and oxygen atoms in total. The first-order valence-electron chi connectivity index (χ1n) is 10.9. The topological polar surface area (TPSA) is 90.3 Å². The lowest BCUT2D eigenvalue weighted by atomic mass is 10.1. The molecule has 0 saturated heterocycles. The molecule has 3 aromatic carbocycles. The van der Waals surface area contributed by atoms with E-state index >= 15 is 0 Å². The number of para-hydroxylation sites is 1. The van der Waals surface area contributed by atoms with Gasteiger partial charge in [0.25, 0.3) is 5.56 Å². The highest BCUT2D eigenvalue weighted by Crippen LogP contribution is 2.23. The Bertz CT molecular complexity index is 1530. The van der Waals surface area contributed by atoms with Gasteiger partial charge in [0.1, 0.15) is 5.82 Å². The highest BCUT2D eigenvalue weighted by atomic mass is 32.2. The lowest BCUT2D eigenvalue weighted by molar-refractivity contribution is 0.184. The monoisotopic (exact) mass is 477 g/mol. The molecule has 1 atom stereocenters. The van der Waals surface area contributed by atoms with Crippen molar-refractivity contribution >= 4 is 20.9 Å². The molecule has 8 heteroatoms. The van der Waals surface area contributed by atoms with Gasteiger partial charge in [-0.15, -0.1) is 0 Å². The van der Waals surface area contributed by atoms with Crippen molar-refractivity contribution < 1.29 is 13.2 Å². The van der Waals surface area contributed by atoms with E-state index in [4.69, 9.17) is 9.72 Å². The second kappa shape index (κ2) is 9.50. The average Bonchev–Trinajstić information content (AvgIpc) is 2.80. The zero-order valence-electron chi connectivity index (χ0n) is 19.6. The lowest BCUT2D eigenvalue weighted by Crippen LogP contribution is -2.33. The molecule has 0 aliphatic rings. The minimum atomic E-state index is -3.89. The summed E-state index contributed by atoms with van der Waals surface area (Å²) in [6.07, 6.45) is 0. The Morgan fingerprint density at radius 2 is 1.79 bits per heavy atom. The molecular formula is C26H27N3O4S. The summed E-state index contributed by atoms with van der Waals surface area (Å²) < 4.78 is 35.8. The first-order chi connectivity index (χ1) is 16.2. The fourth-order valence-corrected chi connectivity index (χ4v) is 5.32. The van der Waals surface area contributed by atoms with Crippen LogP contribution in [0.2, 0.25) is 0 Å². The van der Waals surface area contributed by atoms with Crippen LogP contribution in [-0.4, -0.2) is 25.1 Å². The third kappa shape index (κ3) is 4.65. The number of methoxy groups -OCH3 is 1. The number of aromatic nitrogens is 2. The molecule has 1 aromatic heterocycles. The Morgan fingerprint density at radius 3 is 2.53 bits per heavy atom. The number of rotatable bonds is 7. The number of benzene rings is 3. The van der Waals surface area contributed by atoms with Crippen LogP contribution in [0.15, 0.2) is 76.4 Å². The molecule has 0 aliphatic heterocycles. The van der Waals surface area contributed by atoms with Gasteiger partial charge in [0.2, 0.25) is 10.0 Å². The van der Waals surface area contributed by atoms with Crippen molar-refractivity contribution in [2.45, 2.75) is 38.3 Å². The summed E-state index contributed by atoms with van der Waals surface area (Å²) in [7, 11) is -2.34. The Labute approximate surface area is 199 Å². The average molecular weight is 478 g/mol. The molecule has 34 heavy (non-hydrogen) atoms. The van der Waals surface area contributed by atoms with Crippen molar-refractivity contribution in [2.24, 2.45) is 0 Å². The number of ether oxygens (including phenoxy) is 1. The zero-order valence-corrected chi connectivity index (χ0v) is 20.4. The predicted octanol–water partition coefficient (Wildman–Crippen LogP) is 4.19. The maximum Gasteiger partial charge on any atom is 0.266 e. The van der Waals surface area contributed by atoms with Crippen LogP contribution in [0.3, 0.4) is 0 Å². The van der Waals surface area contributed by atoms with Crippen LogP contribution in [0.5, 0.6) is 0 Å². The van der Waals surface area contributed by atoms with Crippen LogP contribution in [0.1, 0.15) is 35.5 Å². The van der Waals surface area contributed by atoms with Gasteiger partial charge in [-0.1, -0.05) is 42.0 Å². The second-order valence-corrected chi connectivity index (χ2v) is 10.1. The van der Waals surface area contributed by atoms with Crippen LogP contribution in [0, 0.1) is 13.8 Å². The first kappa shape index (κ1) is 23.8. The van der Waals surface area contributed by atoms with Gasteiger partial charge < -0.3 is 4.74 Å². The van der Waals surface area contributed by atoms with E-state index in [2.05, 4.69) is 4.72 Å². The number of sulfonamides is 1. The summed E-state index contributed by atoms with van der Waals surface area (Å²) in [6.45, 7) is 5.89. The molecule has 0 aliphatic carbocycles. The van der Waals surface area contributed by atoms with E-state index in [1.54, 1.807) is 56.5 Å². The fourth-order valence-electron chi connectivity index (χ4n) is 4.05. The molecule has 0 spiro atoms. The van der Waals surface area contributed by atoms with Gasteiger partial charge in [0, 0.05) is 7.11 Å². The molecule has 0 fully saturated rings. The van der Waals surface area contributed by atoms with Crippen molar-refractivity contribution in [1.29, 1.82) is 0 Å². The predicted molar refractivity (Wildman–Crippen MR) is 133 cm³/mol. The summed E-state index contributed by atoms with van der Waals surface area (Å²) in [6, 6.07) is 18.6. The third-order valence-corrected chi connectivity index (χ3v) is 7.17. The van der Waals surface area contributed by atoms with E-state index in [0.717, 1.165) is 16.7 Å². The van der Waals surface area contributed by atoms with Gasteiger partial charge in [0.15, 0.2) is 0 Å². The standard InChI is InChI=1S/C26H27N3O4S/c1-17-12-13-24(18(2)14-17)29-25(27-23-11-6-5-10-22(23)26(29)30)19(3)28-34(31,32)21-9-7-8-20(15-21)16-33-4/h5-15,19,28H,16H2,1-4H3. The molecular weight excluding hydrogens is 450 g/mol. The first-order valence-corrected chi connectivity index (χ1v) is 12.4. The molecule has 1 unspecified atom stereocenters. The lowest BCUT2D eigenvalue weighted by Gasteiger charge is -2.21. The van der Waals surface area contributed by atoms with E-state index in [9.17, 15) is 13.2 Å². The zero-order chi connectivity index (χ0) is 24.5. The maximum atomic E-state index is 13.6. The summed E-state index contributed by atoms with van der Waals surface area (Å²) in [5, 5.41) is 0.466. The minimum Gasteiger partial charge on any atom is -0.380 e. The van der Waals surface area contributed by atoms with Crippen LogP contribution in [0.25, 0.3) is 16.6 Å². The van der Waals surface area contributed by atoms with Crippen LogP contribution in [0.4, 0.5) is 0 Å². The van der Waals surface area contributed by atoms with Gasteiger partial charge in [-0.05, 0) is 62.2 Å². The molecule has 0 bridgehead atoms. The van der Waals surface area contributed by atoms with Crippen LogP contribution >= 0.6 is 0 Å². The van der Waals surface area contributed by atoms with E-state index in [-0.39, 0.29) is 10.5 Å². The van der Waals surface area contributed by atoms with E-state index in [0.29, 0.717) is 29.0 Å². The fraction of sp³-hybridized carbons (Fsp3) is 0.231. The van der Waals surface area contributed by atoms with Crippen LogP contribution < -0.4 is 10.3 Å². The molecule has 176 valence electrons. The van der Waals surface area contributed by atoms with Gasteiger partial charge in [-0.2, -0.15) is 0 Å². The third-order valence-electron chi connectivity index (χ3n) is 5.63. The largest absolute Gasteiger partial charge is 0.380 e. The Kier molecular flexibility index (Phi) is 6.65. The van der Waals surface area contributed by atoms with Crippen molar-refractivity contribution in [3.8, 4) is 5.69 Å². The minimum absolute atomic E-state index is 0.120. The summed E-state index contributed by atoms with van der Waals surface area (Å²) in [4.78, 5) is 18.4. The van der Waals surface area contributed by atoms with E-state index in [1.165, 1.54) is 10.6 Å². The van der Waals surface area contributed by atoms with Crippen molar-refractivity contribution in [1.82, 2.24) is 14.3 Å². The Balaban J connectivity index is 1.85. The molecule has 0 radical (unpaired) electrons. The highest BCUT2D eigenvalue weighted by molar-refractivity contribution is 7.89. The molecule has 4 aromatic rings. The number of hydrogen-bond donors (Lipinski definition) is 1. The van der Waals surface area contributed by atoms with Crippen molar-refractivity contribution in [3.63, 3.8) is 0 Å². The quantitative estimate of drug-likeness (QED) is 0.431. The Morgan fingerprint density at radius 1 is 1.03 bits per heavy atom. The van der Waals surface area contributed by atoms with E-state index < -0.39 is 16.1 Å². The van der Waals surface area contributed by atoms with Crippen LogP contribution in [-0.2, 0) is 21.4 Å². The summed E-state index contributed by atoms with van der Waals surface area (Å²) in [5.41, 5.74) is 3.63. The number of nitrogens with zero attached hydrogens (tertiary/aromatic N) is 2. The number of nitrogens with one attached hydrogen (secondary N) is 1. The number of aryl methyl sites for hydroxylation is 2. The molecule has 0 amide bonds. The van der Waals surface area contributed by atoms with Gasteiger partial charge in [0.05, 0.1) is 34.1 Å². The normalized spacial score (nSPS) is 12.7. The highest BCUT2D eigenvalue weighted by Gasteiger charge is 2.24. The smallest absolute Gasteiger partial charge is 0.266 e. The van der Waals surface area contributed by atoms with Gasteiger partial charge in [-0.25, -0.2) is 18.1 Å². The molecule has 0 saturated carbocycles. The van der Waals surface area contributed by atoms with Gasteiger partial charge in [-0.3, -0.25) is 9.36 Å². The van der Waals surface area contributed by atoms with Crippen molar-refractivity contribution in [2.75, 3.05) is 7.11 Å². The van der Waals surface area contributed by atoms with Gasteiger partial charge >= 0.3 is 0 Å². The summed E-state index contributed by atoms with van der Waals surface area (Å²) in [5.74, 6) is 0.312. The molecule has 1 heterocycles. The maximum absolute atomic E-state index is 13.6. The summed E-state index contributed by atoms with van der Waals surface area (Å²) >= 11 is 0.